The van der Waals surface area contributed by atoms with Gasteiger partial charge in [0.05, 0.1) is 36.9 Å². The molecule has 620 valence electrons. The van der Waals surface area contributed by atoms with Crippen molar-refractivity contribution in [3.05, 3.63) is 170 Å². The minimum Gasteiger partial charge on any atom is -0.492 e. The van der Waals surface area contributed by atoms with Crippen molar-refractivity contribution in [1.82, 2.24) is 98.0 Å². The number of hydrogen-bond acceptors (Lipinski definition) is 24. The summed E-state index contributed by atoms with van der Waals surface area (Å²) in [6.45, 7) is 26.0. The number of nitrogens with zero attached hydrogens (tertiary/aromatic N) is 20. The van der Waals surface area contributed by atoms with Crippen molar-refractivity contribution in [3.8, 4) is 67.5 Å². The van der Waals surface area contributed by atoms with Gasteiger partial charge in [0, 0.05) is 213 Å². The van der Waals surface area contributed by atoms with E-state index in [-0.39, 0.29) is 35.7 Å². The monoisotopic (exact) mass is 1620 g/mol. The van der Waals surface area contributed by atoms with Gasteiger partial charge in [-0.3, -0.25) is 34.3 Å². The van der Waals surface area contributed by atoms with Gasteiger partial charge < -0.3 is 45.1 Å². The van der Waals surface area contributed by atoms with Crippen molar-refractivity contribution in [1.29, 1.82) is 0 Å². The van der Waals surface area contributed by atoms with Gasteiger partial charge in [0.25, 0.3) is 0 Å². The first-order valence-electron chi connectivity index (χ1n) is 42.6. The zero-order valence-corrected chi connectivity index (χ0v) is 67.7. The lowest BCUT2D eigenvalue weighted by atomic mass is 10.0. The number of benzene rings is 4. The molecule has 12 aromatic rings. The second kappa shape index (κ2) is 33.4. The number of rotatable bonds is 0. The summed E-state index contributed by atoms with van der Waals surface area (Å²) in [5, 5.41) is 31.4. The van der Waals surface area contributed by atoms with E-state index in [2.05, 4.69) is 125 Å². The molecule has 4 N–H and O–H groups in total. The fraction of sp³-hybridized carbons (Fsp3) is 0.455. The molecule has 11 aliphatic heterocycles. The van der Waals surface area contributed by atoms with Crippen molar-refractivity contribution in [2.24, 2.45) is 0 Å². The van der Waals surface area contributed by atoms with E-state index in [1.165, 1.54) is 75.4 Å². The number of halogens is 3. The highest BCUT2D eigenvalue weighted by atomic mass is 19.1. The molecule has 0 radical (unpaired) electrons. The van der Waals surface area contributed by atoms with E-state index in [0.717, 1.165) is 170 Å². The normalized spacial score (nSPS) is 25.2. The molecule has 23 rings (SSSR count). The van der Waals surface area contributed by atoms with Gasteiger partial charge in [0.1, 0.15) is 89.1 Å². The lowest BCUT2D eigenvalue weighted by Crippen LogP contribution is -2.58. The standard InChI is InChI=1S/C23H27FN6O.C23H28N6O.C22H25FN6O.C20H23FN6O/c1-27-9-10-28-13-16-3-2-7-29(16)15-18(14-28)31-17-4-5-21(24)19(11-17)20-12-25-30-8-6-22(27)26-23(20)30;1-16-4-5-18-11-20(16)21-12-25-29-9-6-22(26-23(21)29)24-7-10-27-13-17-3-2-8-28(17)15-19(14-27)30-18;23-20-4-3-17-10-18(20)19-11-25-29-8-5-21(26-22(19)29)24-6-9-28-12-15-2-1-7-27(15)13-16(28)14-30-17;1-13-11-26-7-5-22-19-4-6-27-20(25-19)17(10-24-27)16-8-15(2-3-18(16)21)28-12-14(26)9-23-13/h4-6,8,11-12,16,18H,2-3,7,9-10,13-15H2,1H3;4-6,9,11-12,17,19H,2-3,7-8,10,13-15H2,1H3,(H,24,26);3-5,8,10-11,15-16H,1-2,6-7,9,12-14H2,(H,24,26);2-4,6,8,10,13-14,23H,5,7,9,11-12H2,1H3,(H,22,25)/t16-,18-;17-,19-;15-,16+;13-,14+/m0011/s1. The summed E-state index contributed by atoms with van der Waals surface area (Å²) in [4.78, 5) is 39.1. The molecule has 4 aromatic carbocycles. The number of fused-ring (bicyclic) bond motifs is 25. The van der Waals surface area contributed by atoms with Gasteiger partial charge in [-0.1, -0.05) is 6.07 Å². The van der Waals surface area contributed by atoms with E-state index in [4.69, 9.17) is 33.9 Å². The molecular formula is C88H103F3N24O4. The molecule has 31 heteroatoms. The van der Waals surface area contributed by atoms with Crippen LogP contribution in [-0.2, 0) is 0 Å². The first-order valence-corrected chi connectivity index (χ1v) is 42.6. The third-order valence-corrected chi connectivity index (χ3v) is 25.8. The molecule has 0 spiro atoms. The van der Waals surface area contributed by atoms with Crippen LogP contribution >= 0.6 is 0 Å². The minimum absolute atomic E-state index is 0.0535. The molecule has 20 bridgehead atoms. The van der Waals surface area contributed by atoms with Gasteiger partial charge in [0.2, 0.25) is 0 Å². The largest absolute Gasteiger partial charge is 0.492 e. The van der Waals surface area contributed by atoms with Crippen molar-refractivity contribution < 1.29 is 32.1 Å². The molecule has 7 saturated heterocycles. The Morgan fingerprint density at radius 1 is 0.378 bits per heavy atom. The maximum Gasteiger partial charge on any atom is 0.165 e. The number of piperazine rings is 2. The zero-order valence-electron chi connectivity index (χ0n) is 67.7. The van der Waals surface area contributed by atoms with Crippen molar-refractivity contribution in [3.63, 3.8) is 0 Å². The van der Waals surface area contributed by atoms with E-state index >= 15 is 0 Å². The lowest BCUT2D eigenvalue weighted by molar-refractivity contribution is 0.0301. The van der Waals surface area contributed by atoms with Crippen molar-refractivity contribution in [2.75, 3.05) is 179 Å². The maximum atomic E-state index is 14.9. The van der Waals surface area contributed by atoms with E-state index < -0.39 is 0 Å². The number of nitrogens with one attached hydrogen (secondary N) is 4. The number of likely N-dealkylation sites (N-methyl/N-ethyl adjacent to an activating group) is 1. The number of hydrogen-bond donors (Lipinski definition) is 4. The molecule has 0 aliphatic carbocycles. The van der Waals surface area contributed by atoms with Crippen LogP contribution in [0, 0.1) is 24.4 Å². The van der Waals surface area contributed by atoms with E-state index in [1.807, 2.05) is 59.8 Å². The highest BCUT2D eigenvalue weighted by Gasteiger charge is 2.39. The molecule has 11 aliphatic rings. The lowest BCUT2D eigenvalue weighted by Gasteiger charge is -2.43. The van der Waals surface area contributed by atoms with Crippen LogP contribution in [0.2, 0.25) is 0 Å². The van der Waals surface area contributed by atoms with Crippen molar-refractivity contribution in [2.45, 2.75) is 101 Å². The first-order chi connectivity index (χ1) is 58.3. The summed E-state index contributed by atoms with van der Waals surface area (Å²) >= 11 is 0. The smallest absolute Gasteiger partial charge is 0.165 e. The molecule has 10 atom stereocenters. The number of ether oxygens (including phenoxy) is 4. The molecule has 8 aromatic heterocycles. The second-order valence-corrected chi connectivity index (χ2v) is 33.7. The third-order valence-electron chi connectivity index (χ3n) is 25.8. The van der Waals surface area contributed by atoms with Gasteiger partial charge in [-0.05, 0) is 174 Å². The molecule has 28 nitrogen and oxygen atoms in total. The third kappa shape index (κ3) is 16.4. The Hall–Kier alpha value is -10.8. The molecule has 0 amide bonds. The SMILES string of the molecule is CN1CCN2C[C@@H](CN3CCC[C@H]3C2)Oc2ccc(F)c(c2)-c2cnn3ccc1nc23.C[C@@H]1CN2CCNc3ccn4ncc(c4n3)-c3cc(ccc3F)OC[C@@H]2CN1.Cc1ccc2cc1-c1cnn3ccc(nc13)NCCN1C[C@@H](CN3CCC[C@H]3C1)O2.Fc1ccc2cc1-c1cnn3ccc(nc13)NCCN1C[C@H]3CCCN3C[C@H]1CO2. The average molecular weight is 1620 g/mol. The van der Waals surface area contributed by atoms with Crippen molar-refractivity contribution >= 4 is 45.9 Å². The molecular weight excluding hydrogens is 1510 g/mol. The van der Waals surface area contributed by atoms with Crippen LogP contribution in [-0.4, -0.2) is 299 Å². The Kier molecular flexibility index (Phi) is 21.6. The second-order valence-electron chi connectivity index (χ2n) is 33.7. The number of aromatic nitrogens is 12. The maximum absolute atomic E-state index is 14.9. The molecule has 2 unspecified atom stereocenters. The van der Waals surface area contributed by atoms with Crippen LogP contribution in [0.25, 0.3) is 67.1 Å². The van der Waals surface area contributed by atoms with Gasteiger partial charge in [-0.15, -0.1) is 0 Å². The Morgan fingerprint density at radius 3 is 1.33 bits per heavy atom. The fourth-order valence-electron chi connectivity index (χ4n) is 19.5. The summed E-state index contributed by atoms with van der Waals surface area (Å²) in [6.07, 6.45) is 22.4. The predicted molar refractivity (Wildman–Crippen MR) is 452 cm³/mol. The fourth-order valence-corrected chi connectivity index (χ4v) is 19.5. The van der Waals surface area contributed by atoms with Crippen LogP contribution in [0.1, 0.15) is 51.0 Å². The summed E-state index contributed by atoms with van der Waals surface area (Å²) in [5.74, 6) is 5.37. The predicted octanol–water partition coefficient (Wildman–Crippen LogP) is 9.66. The Labute approximate surface area is 689 Å². The zero-order chi connectivity index (χ0) is 80.2. The van der Waals surface area contributed by atoms with Crippen LogP contribution in [0.15, 0.2) is 147 Å². The minimum atomic E-state index is -0.315. The van der Waals surface area contributed by atoms with E-state index in [1.54, 1.807) is 68.5 Å². The molecule has 119 heavy (non-hydrogen) atoms. The highest BCUT2D eigenvalue weighted by molar-refractivity contribution is 5.83. The highest BCUT2D eigenvalue weighted by Crippen LogP contribution is 2.38. The Morgan fingerprint density at radius 2 is 0.790 bits per heavy atom. The Balaban J connectivity index is 0.000000102. The van der Waals surface area contributed by atoms with Gasteiger partial charge in [-0.25, -0.2) is 51.2 Å². The number of anilines is 4. The van der Waals surface area contributed by atoms with Crippen LogP contribution in [0.5, 0.6) is 23.0 Å². The van der Waals surface area contributed by atoms with Crippen LogP contribution in [0.4, 0.5) is 36.4 Å². The van der Waals surface area contributed by atoms with E-state index in [0.29, 0.717) is 111 Å². The summed E-state index contributed by atoms with van der Waals surface area (Å²) in [7, 11) is 2.07. The molecule has 7 fully saturated rings. The summed E-state index contributed by atoms with van der Waals surface area (Å²) in [5.41, 5.74) is 9.52. The Bertz CT molecular complexity index is 5650. The number of aryl methyl sites for hydroxylation is 1. The summed E-state index contributed by atoms with van der Waals surface area (Å²) in [6, 6.07) is 32.0. The van der Waals surface area contributed by atoms with Gasteiger partial charge in [0.15, 0.2) is 22.6 Å². The van der Waals surface area contributed by atoms with Crippen LogP contribution in [0.3, 0.4) is 0 Å². The average Bonchev–Trinajstić information content (AvgIpc) is 1.67. The van der Waals surface area contributed by atoms with Gasteiger partial charge in [-0.2, -0.15) is 20.4 Å². The first kappa shape index (κ1) is 76.9. The quantitative estimate of drug-likeness (QED) is 0.111. The molecule has 0 saturated carbocycles. The van der Waals surface area contributed by atoms with Gasteiger partial charge >= 0.3 is 0 Å². The molecule has 19 heterocycles. The van der Waals surface area contributed by atoms with Crippen LogP contribution < -0.4 is 45.1 Å². The van der Waals surface area contributed by atoms with E-state index in [9.17, 15) is 13.2 Å². The summed E-state index contributed by atoms with van der Waals surface area (Å²) < 4.78 is 76.3. The topological polar surface area (TPSA) is 232 Å².